The van der Waals surface area contributed by atoms with Crippen LogP contribution in [0.2, 0.25) is 5.02 Å². The number of halogens is 1. The van der Waals surface area contributed by atoms with Crippen molar-refractivity contribution < 1.29 is 23.7 Å². The maximum atomic E-state index is 11.8. The first kappa shape index (κ1) is 25.5. The molecule has 1 aromatic heterocycles. The lowest BCUT2D eigenvalue weighted by atomic mass is 9.87. The van der Waals surface area contributed by atoms with Gasteiger partial charge in [0.1, 0.15) is 22.3 Å². The van der Waals surface area contributed by atoms with Gasteiger partial charge in [-0.25, -0.2) is 4.68 Å². The molecular formula is C26H27ClN4O5S. The first-order valence-corrected chi connectivity index (χ1v) is 13.6. The summed E-state index contributed by atoms with van der Waals surface area (Å²) in [4.78, 5) is 12.2. The number of hydrogen-bond acceptors (Lipinski definition) is 7. The van der Waals surface area contributed by atoms with E-state index in [0.717, 1.165) is 16.6 Å². The van der Waals surface area contributed by atoms with Gasteiger partial charge in [0, 0.05) is 24.5 Å². The minimum Gasteiger partial charge on any atom is -0.487 e. The van der Waals surface area contributed by atoms with E-state index in [-0.39, 0.29) is 25.6 Å². The first-order chi connectivity index (χ1) is 17.6. The molecule has 0 amide bonds. The van der Waals surface area contributed by atoms with Crippen molar-refractivity contribution in [3.8, 4) is 5.75 Å². The highest BCUT2D eigenvalue weighted by Gasteiger charge is 2.34. The summed E-state index contributed by atoms with van der Waals surface area (Å²) in [6, 6.07) is 17.9. The average Bonchev–Trinajstić information content (AvgIpc) is 3.19. The molecule has 37 heavy (non-hydrogen) atoms. The third kappa shape index (κ3) is 5.03. The SMILES string of the molecule is CC1CN(Cc2cc(C(CC(=O)O)c3ccc4c(c3)nnn4C)ccc2Cl)S(O)(O)c2ccccc2O1. The number of aromatic nitrogens is 3. The highest BCUT2D eigenvalue weighted by Crippen LogP contribution is 2.57. The monoisotopic (exact) mass is 542 g/mol. The first-order valence-electron chi connectivity index (χ1n) is 11.7. The summed E-state index contributed by atoms with van der Waals surface area (Å²) in [5.74, 6) is -0.962. The number of aryl methyl sites for hydroxylation is 1. The standard InChI is InChI=1S/C26H27ClN4O5S/c1-16-14-31(37(34,35)25-6-4-3-5-24(25)36-16)15-19-11-17(7-9-21(19)27)20(13-26(32)33)18-8-10-23-22(12-18)28-29-30(23)2/h3-12,16,20,34-35H,13-15H2,1-2H3,(H,32,33). The largest absolute Gasteiger partial charge is 0.487 e. The van der Waals surface area contributed by atoms with Gasteiger partial charge in [-0.1, -0.05) is 47.1 Å². The van der Waals surface area contributed by atoms with Gasteiger partial charge in [-0.2, -0.15) is 4.31 Å². The van der Waals surface area contributed by atoms with Crippen LogP contribution in [0.15, 0.2) is 65.6 Å². The predicted octanol–water partition coefficient (Wildman–Crippen LogP) is 5.54. The van der Waals surface area contributed by atoms with Gasteiger partial charge in [-0.15, -0.1) is 15.9 Å². The van der Waals surface area contributed by atoms with Crippen LogP contribution in [0, 0.1) is 0 Å². The molecule has 4 aromatic rings. The summed E-state index contributed by atoms with van der Waals surface area (Å²) in [7, 11) is -1.56. The molecule has 2 heterocycles. The van der Waals surface area contributed by atoms with E-state index in [1.807, 2.05) is 37.3 Å². The van der Waals surface area contributed by atoms with Crippen LogP contribution in [-0.4, -0.2) is 52.1 Å². The van der Waals surface area contributed by atoms with Crippen LogP contribution in [0.5, 0.6) is 5.75 Å². The Balaban J connectivity index is 1.52. The quantitative estimate of drug-likeness (QED) is 0.290. The molecule has 5 rings (SSSR count). The van der Waals surface area contributed by atoms with E-state index in [4.69, 9.17) is 16.3 Å². The van der Waals surface area contributed by atoms with Crippen LogP contribution in [0.1, 0.15) is 36.0 Å². The number of fused-ring (bicyclic) bond motifs is 2. The van der Waals surface area contributed by atoms with Crippen LogP contribution in [0.4, 0.5) is 0 Å². The van der Waals surface area contributed by atoms with Crippen molar-refractivity contribution in [1.29, 1.82) is 0 Å². The van der Waals surface area contributed by atoms with E-state index >= 15 is 0 Å². The number of para-hydroxylation sites is 1. The Morgan fingerprint density at radius 1 is 1.16 bits per heavy atom. The van der Waals surface area contributed by atoms with Crippen molar-refractivity contribution >= 4 is 39.4 Å². The summed E-state index contributed by atoms with van der Waals surface area (Å²) in [5, 5.41) is 18.3. The molecule has 0 radical (unpaired) electrons. The molecule has 3 aromatic carbocycles. The number of carboxylic acids is 1. The van der Waals surface area contributed by atoms with Crippen LogP contribution >= 0.6 is 22.4 Å². The summed E-state index contributed by atoms with van der Waals surface area (Å²) in [6.07, 6.45) is -0.431. The zero-order valence-electron chi connectivity index (χ0n) is 20.3. The Kier molecular flexibility index (Phi) is 6.86. The molecular weight excluding hydrogens is 516 g/mol. The minimum atomic E-state index is -3.36. The Morgan fingerprint density at radius 2 is 1.89 bits per heavy atom. The second-order valence-electron chi connectivity index (χ2n) is 9.18. The number of carboxylic acid groups (broad SMARTS) is 1. The molecule has 1 aliphatic heterocycles. The average molecular weight is 543 g/mol. The lowest BCUT2D eigenvalue weighted by Gasteiger charge is -2.41. The van der Waals surface area contributed by atoms with Crippen molar-refractivity contribution in [3.63, 3.8) is 0 Å². The molecule has 0 saturated carbocycles. The third-order valence-electron chi connectivity index (χ3n) is 6.53. The molecule has 9 nitrogen and oxygen atoms in total. The number of hydrogen-bond donors (Lipinski definition) is 3. The van der Waals surface area contributed by atoms with Gasteiger partial charge in [0.15, 0.2) is 0 Å². The zero-order valence-corrected chi connectivity index (χ0v) is 21.9. The Morgan fingerprint density at radius 3 is 2.68 bits per heavy atom. The number of aliphatic carboxylic acids is 1. The molecule has 3 N–H and O–H groups in total. The second-order valence-corrected chi connectivity index (χ2v) is 11.6. The lowest BCUT2D eigenvalue weighted by molar-refractivity contribution is -0.137. The second kappa shape index (κ2) is 9.96. The van der Waals surface area contributed by atoms with E-state index < -0.39 is 22.7 Å². The predicted molar refractivity (Wildman–Crippen MR) is 142 cm³/mol. The summed E-state index contributed by atoms with van der Waals surface area (Å²) in [5.41, 5.74) is 3.72. The van der Waals surface area contributed by atoms with Gasteiger partial charge in [0.2, 0.25) is 0 Å². The molecule has 0 spiro atoms. The van der Waals surface area contributed by atoms with Crippen molar-refractivity contribution in [2.75, 3.05) is 6.54 Å². The molecule has 0 fully saturated rings. The Bertz CT molecular complexity index is 1480. The highest BCUT2D eigenvalue weighted by atomic mass is 35.5. The Hall–Kier alpha value is -3.15. The van der Waals surface area contributed by atoms with E-state index in [0.29, 0.717) is 26.7 Å². The normalized spacial score (nSPS) is 19.0. The smallest absolute Gasteiger partial charge is 0.304 e. The van der Waals surface area contributed by atoms with Crippen molar-refractivity contribution in [1.82, 2.24) is 19.3 Å². The number of nitrogens with zero attached hydrogens (tertiary/aromatic N) is 4. The van der Waals surface area contributed by atoms with Gasteiger partial charge in [-0.3, -0.25) is 13.9 Å². The number of carbonyl (C=O) groups is 1. The van der Waals surface area contributed by atoms with E-state index in [1.165, 1.54) is 0 Å². The molecule has 2 unspecified atom stereocenters. The fourth-order valence-corrected chi connectivity index (χ4v) is 6.55. The number of rotatable bonds is 6. The molecule has 1 aliphatic rings. The maximum absolute atomic E-state index is 11.8. The minimum absolute atomic E-state index is 0.135. The van der Waals surface area contributed by atoms with Crippen LogP contribution < -0.4 is 4.74 Å². The maximum Gasteiger partial charge on any atom is 0.304 e. The topological polar surface area (TPSA) is 121 Å². The van der Waals surface area contributed by atoms with E-state index in [1.54, 1.807) is 46.4 Å². The van der Waals surface area contributed by atoms with Gasteiger partial charge >= 0.3 is 5.97 Å². The summed E-state index contributed by atoms with van der Waals surface area (Å²) in [6.45, 7) is 2.27. The van der Waals surface area contributed by atoms with Gasteiger partial charge in [0.05, 0.1) is 18.5 Å². The third-order valence-corrected chi connectivity index (χ3v) is 8.82. The summed E-state index contributed by atoms with van der Waals surface area (Å²) < 4.78 is 31.7. The fourth-order valence-electron chi connectivity index (χ4n) is 4.71. The summed E-state index contributed by atoms with van der Waals surface area (Å²) >= 11 is 6.57. The van der Waals surface area contributed by atoms with Gasteiger partial charge in [-0.05, 0) is 53.9 Å². The lowest BCUT2D eigenvalue weighted by Crippen LogP contribution is -2.33. The van der Waals surface area contributed by atoms with Crippen molar-refractivity contribution in [3.05, 3.63) is 82.4 Å². The highest BCUT2D eigenvalue weighted by molar-refractivity contribution is 8.22. The molecule has 0 bridgehead atoms. The number of ether oxygens (including phenoxy) is 1. The molecule has 0 aliphatic carbocycles. The van der Waals surface area contributed by atoms with Crippen molar-refractivity contribution in [2.45, 2.75) is 36.8 Å². The van der Waals surface area contributed by atoms with Crippen LogP contribution in [0.25, 0.3) is 11.0 Å². The molecule has 11 heteroatoms. The Labute approximate surface area is 220 Å². The van der Waals surface area contributed by atoms with Gasteiger partial charge in [0.25, 0.3) is 0 Å². The van der Waals surface area contributed by atoms with E-state index in [9.17, 15) is 19.0 Å². The molecule has 2 atom stereocenters. The van der Waals surface area contributed by atoms with Gasteiger partial charge < -0.3 is 9.84 Å². The van der Waals surface area contributed by atoms with Crippen molar-refractivity contribution in [2.24, 2.45) is 7.05 Å². The number of benzene rings is 3. The van der Waals surface area contributed by atoms with E-state index in [2.05, 4.69) is 10.3 Å². The molecule has 0 saturated heterocycles. The zero-order chi connectivity index (χ0) is 26.3. The van der Waals surface area contributed by atoms with Crippen LogP contribution in [0.3, 0.4) is 0 Å². The van der Waals surface area contributed by atoms with Crippen LogP contribution in [-0.2, 0) is 18.4 Å². The molecule has 194 valence electrons. The fraction of sp³-hybridized carbons (Fsp3) is 0.269.